The Labute approximate surface area is 109 Å². The summed E-state index contributed by atoms with van der Waals surface area (Å²) < 4.78 is 5.88. The molecule has 0 aliphatic heterocycles. The van der Waals surface area contributed by atoms with Crippen molar-refractivity contribution in [2.75, 3.05) is 0 Å². The Hall–Kier alpha value is -1.35. The molecule has 0 unspecified atom stereocenters. The largest absolute Gasteiger partial charge is 0.460 e. The highest BCUT2D eigenvalue weighted by molar-refractivity contribution is 9.10. The van der Waals surface area contributed by atoms with E-state index < -0.39 is 0 Å². The number of aryl methyl sites for hydroxylation is 2. The molecule has 0 saturated carbocycles. The molecule has 0 aliphatic rings. The van der Waals surface area contributed by atoms with Gasteiger partial charge in [-0.3, -0.25) is 4.79 Å². The quantitative estimate of drug-likeness (QED) is 0.792. The van der Waals surface area contributed by atoms with Crippen LogP contribution in [-0.4, -0.2) is 5.78 Å². The summed E-state index contributed by atoms with van der Waals surface area (Å²) in [5, 5.41) is 0. The molecule has 1 heterocycles. The van der Waals surface area contributed by atoms with Crippen molar-refractivity contribution in [1.29, 1.82) is 0 Å². The number of hydrogen-bond donors (Lipinski definition) is 0. The fraction of sp³-hybridized carbons (Fsp3) is 0.214. The molecule has 0 N–H and O–H groups in total. The summed E-state index contributed by atoms with van der Waals surface area (Å²) in [4.78, 5) is 11.9. The van der Waals surface area contributed by atoms with Crippen LogP contribution in [0.3, 0.4) is 0 Å². The van der Waals surface area contributed by atoms with Gasteiger partial charge in [-0.25, -0.2) is 0 Å². The molecule has 0 amide bonds. The average Bonchev–Trinajstić information content (AvgIpc) is 2.74. The lowest BCUT2D eigenvalue weighted by Crippen LogP contribution is -2.01. The van der Waals surface area contributed by atoms with Gasteiger partial charge in [0.15, 0.2) is 11.5 Å². The average molecular weight is 293 g/mol. The number of Topliss-reactive ketones (excluding diaryl/α,β-unsaturated/α-hetero) is 1. The topological polar surface area (TPSA) is 30.2 Å². The van der Waals surface area contributed by atoms with Crippen molar-refractivity contribution < 1.29 is 9.21 Å². The molecule has 0 aliphatic carbocycles. The summed E-state index contributed by atoms with van der Waals surface area (Å²) in [6.07, 6.45) is 2.74. The van der Waals surface area contributed by atoms with Crippen LogP contribution in [0.15, 0.2) is 45.5 Å². The maximum Gasteiger partial charge on any atom is 0.199 e. The summed E-state index contributed by atoms with van der Waals surface area (Å²) in [7, 11) is 0. The second-order valence-corrected chi connectivity index (χ2v) is 4.80. The zero-order valence-corrected chi connectivity index (χ0v) is 11.2. The third-order valence-electron chi connectivity index (χ3n) is 2.75. The zero-order valence-electron chi connectivity index (χ0n) is 9.57. The van der Waals surface area contributed by atoms with Crippen LogP contribution >= 0.6 is 15.9 Å². The highest BCUT2D eigenvalue weighted by Gasteiger charge is 2.13. The van der Waals surface area contributed by atoms with Gasteiger partial charge < -0.3 is 4.42 Å². The van der Waals surface area contributed by atoms with E-state index in [0.29, 0.717) is 12.2 Å². The Morgan fingerprint density at radius 3 is 2.71 bits per heavy atom. The molecule has 0 radical (unpaired) electrons. The number of carbonyl (C=O) groups excluding carboxylic acids is 1. The van der Waals surface area contributed by atoms with Gasteiger partial charge in [-0.05, 0) is 46.5 Å². The lowest BCUT2D eigenvalue weighted by atomic mass is 10.0. The Morgan fingerprint density at radius 1 is 1.29 bits per heavy atom. The number of ketones is 1. The smallest absolute Gasteiger partial charge is 0.199 e. The van der Waals surface area contributed by atoms with Crippen LogP contribution in [0, 0.1) is 6.92 Å². The normalized spacial score (nSPS) is 10.5. The lowest BCUT2D eigenvalue weighted by molar-refractivity contribution is 0.0955. The van der Waals surface area contributed by atoms with Crippen molar-refractivity contribution in [2.45, 2.75) is 19.8 Å². The van der Waals surface area contributed by atoms with Crippen LogP contribution in [-0.2, 0) is 6.42 Å². The molecule has 1 aromatic heterocycles. The third-order valence-corrected chi connectivity index (χ3v) is 3.38. The molecular weight excluding hydrogens is 280 g/mol. The summed E-state index contributed by atoms with van der Waals surface area (Å²) in [5.41, 5.74) is 2.43. The zero-order chi connectivity index (χ0) is 12.3. The van der Waals surface area contributed by atoms with Crippen molar-refractivity contribution in [3.8, 4) is 0 Å². The van der Waals surface area contributed by atoms with E-state index in [1.807, 2.05) is 12.1 Å². The SMILES string of the molecule is Cc1ccccc1CCC(=O)c1occc1Br. The third kappa shape index (κ3) is 2.86. The first kappa shape index (κ1) is 12.1. The molecule has 17 heavy (non-hydrogen) atoms. The minimum absolute atomic E-state index is 0.0325. The molecule has 88 valence electrons. The number of hydrogen-bond acceptors (Lipinski definition) is 2. The van der Waals surface area contributed by atoms with Gasteiger partial charge in [0, 0.05) is 6.42 Å². The number of furan rings is 1. The first-order valence-electron chi connectivity index (χ1n) is 5.49. The van der Waals surface area contributed by atoms with E-state index in [1.54, 1.807) is 6.07 Å². The van der Waals surface area contributed by atoms with E-state index in [1.165, 1.54) is 17.4 Å². The van der Waals surface area contributed by atoms with Crippen molar-refractivity contribution >= 4 is 21.7 Å². The first-order valence-corrected chi connectivity index (χ1v) is 6.28. The standard InChI is InChI=1S/C14H13BrO2/c1-10-4-2-3-5-11(10)6-7-13(16)14-12(15)8-9-17-14/h2-5,8-9H,6-7H2,1H3. The Balaban J connectivity index is 2.02. The van der Waals surface area contributed by atoms with Crippen LogP contribution in [0.2, 0.25) is 0 Å². The van der Waals surface area contributed by atoms with Gasteiger partial charge in [0.2, 0.25) is 0 Å². The van der Waals surface area contributed by atoms with E-state index in [2.05, 4.69) is 35.0 Å². The molecule has 1 aromatic carbocycles. The molecule has 0 atom stereocenters. The number of rotatable bonds is 4. The van der Waals surface area contributed by atoms with Crippen molar-refractivity contribution in [2.24, 2.45) is 0 Å². The van der Waals surface area contributed by atoms with Gasteiger partial charge in [-0.1, -0.05) is 24.3 Å². The summed E-state index contributed by atoms with van der Waals surface area (Å²) in [6.45, 7) is 2.06. The van der Waals surface area contributed by atoms with Crippen LogP contribution in [0.1, 0.15) is 28.1 Å². The van der Waals surface area contributed by atoms with Gasteiger partial charge >= 0.3 is 0 Å². The lowest BCUT2D eigenvalue weighted by Gasteiger charge is -2.03. The van der Waals surface area contributed by atoms with Gasteiger partial charge in [0.1, 0.15) is 0 Å². The fourth-order valence-corrected chi connectivity index (χ4v) is 2.17. The number of carbonyl (C=O) groups is 1. The molecule has 2 rings (SSSR count). The van der Waals surface area contributed by atoms with Gasteiger partial charge in [0.25, 0.3) is 0 Å². The molecule has 2 nitrogen and oxygen atoms in total. The fourth-order valence-electron chi connectivity index (χ4n) is 1.75. The van der Waals surface area contributed by atoms with Gasteiger partial charge in [0.05, 0.1) is 10.7 Å². The molecule has 0 saturated heterocycles. The van der Waals surface area contributed by atoms with Crippen molar-refractivity contribution in [3.63, 3.8) is 0 Å². The van der Waals surface area contributed by atoms with E-state index in [9.17, 15) is 4.79 Å². The Morgan fingerprint density at radius 2 is 2.06 bits per heavy atom. The maximum atomic E-state index is 11.9. The second kappa shape index (κ2) is 5.32. The summed E-state index contributed by atoms with van der Waals surface area (Å²) >= 11 is 3.29. The van der Waals surface area contributed by atoms with Crippen LogP contribution in [0.4, 0.5) is 0 Å². The van der Waals surface area contributed by atoms with Gasteiger partial charge in [-0.2, -0.15) is 0 Å². The molecule has 0 spiro atoms. The van der Waals surface area contributed by atoms with E-state index in [-0.39, 0.29) is 5.78 Å². The van der Waals surface area contributed by atoms with E-state index in [0.717, 1.165) is 10.9 Å². The highest BCUT2D eigenvalue weighted by atomic mass is 79.9. The minimum Gasteiger partial charge on any atom is -0.460 e. The van der Waals surface area contributed by atoms with Crippen LogP contribution < -0.4 is 0 Å². The van der Waals surface area contributed by atoms with E-state index >= 15 is 0 Å². The predicted molar refractivity (Wildman–Crippen MR) is 70.2 cm³/mol. The molecule has 0 bridgehead atoms. The summed E-state index contributed by atoms with van der Waals surface area (Å²) in [6, 6.07) is 9.85. The highest BCUT2D eigenvalue weighted by Crippen LogP contribution is 2.20. The Kier molecular flexibility index (Phi) is 3.79. The number of benzene rings is 1. The maximum absolute atomic E-state index is 11.9. The van der Waals surface area contributed by atoms with Crippen molar-refractivity contribution in [1.82, 2.24) is 0 Å². The van der Waals surface area contributed by atoms with Crippen LogP contribution in [0.5, 0.6) is 0 Å². The number of halogens is 1. The van der Waals surface area contributed by atoms with Gasteiger partial charge in [-0.15, -0.1) is 0 Å². The summed E-state index contributed by atoms with van der Waals surface area (Å²) in [5.74, 6) is 0.448. The van der Waals surface area contributed by atoms with Crippen molar-refractivity contribution in [3.05, 3.63) is 58.0 Å². The molecule has 0 fully saturated rings. The molecule has 2 aromatic rings. The molecule has 3 heteroatoms. The Bertz CT molecular complexity index is 529. The van der Waals surface area contributed by atoms with Crippen LogP contribution in [0.25, 0.3) is 0 Å². The molecular formula is C14H13BrO2. The predicted octanol–water partition coefficient (Wildman–Crippen LogP) is 4.17. The second-order valence-electron chi connectivity index (χ2n) is 3.95. The monoisotopic (exact) mass is 292 g/mol. The van der Waals surface area contributed by atoms with E-state index in [4.69, 9.17) is 4.42 Å². The first-order chi connectivity index (χ1) is 8.18. The minimum atomic E-state index is 0.0325.